The van der Waals surface area contributed by atoms with Gasteiger partial charge in [0.15, 0.2) is 0 Å². The molecule has 1 aromatic heterocycles. The van der Waals surface area contributed by atoms with Crippen LogP contribution in [0, 0.1) is 11.3 Å². The molecule has 102 valence electrons. The summed E-state index contributed by atoms with van der Waals surface area (Å²) in [5.74, 6) is 0. The fraction of sp³-hybridized carbons (Fsp3) is 0.158. The molecule has 2 aromatic carbocycles. The minimum Gasteiger partial charge on any atom is -0.264 e. The number of benzene rings is 2. The van der Waals surface area contributed by atoms with Crippen LogP contribution in [-0.4, -0.2) is 4.98 Å². The smallest absolute Gasteiger partial charge is 0.0998 e. The number of pyridine rings is 1. The zero-order valence-corrected chi connectivity index (χ0v) is 12.0. The van der Waals surface area contributed by atoms with Crippen LogP contribution in [-0.2, 0) is 6.42 Å². The van der Waals surface area contributed by atoms with Gasteiger partial charge in [-0.3, -0.25) is 4.98 Å². The molecule has 2 nitrogen and oxygen atoms in total. The number of hydrogen-bond acceptors (Lipinski definition) is 2. The number of nitriles is 1. The highest BCUT2D eigenvalue weighted by atomic mass is 14.6. The number of fused-ring (bicyclic) bond motifs is 1. The van der Waals surface area contributed by atoms with Crippen molar-refractivity contribution in [3.05, 3.63) is 66.0 Å². The number of aromatic nitrogens is 1. The predicted octanol–water partition coefficient (Wildman–Crippen LogP) is 4.73. The Labute approximate surface area is 124 Å². The minimum atomic E-state index is 0.718. The summed E-state index contributed by atoms with van der Waals surface area (Å²) in [5.41, 5.74) is 4.35. The van der Waals surface area contributed by atoms with Crippen molar-refractivity contribution >= 4 is 10.8 Å². The lowest BCUT2D eigenvalue weighted by molar-refractivity contribution is 0.920. The van der Waals surface area contributed by atoms with Crippen LogP contribution < -0.4 is 0 Å². The van der Waals surface area contributed by atoms with Crippen LogP contribution >= 0.6 is 0 Å². The first-order valence-corrected chi connectivity index (χ1v) is 7.20. The van der Waals surface area contributed by atoms with Crippen molar-refractivity contribution in [1.82, 2.24) is 4.98 Å². The van der Waals surface area contributed by atoms with Gasteiger partial charge in [-0.05, 0) is 35.1 Å². The molecule has 1 heterocycles. The van der Waals surface area contributed by atoms with E-state index in [-0.39, 0.29) is 0 Å². The summed E-state index contributed by atoms with van der Waals surface area (Å²) < 4.78 is 0. The Hall–Kier alpha value is -2.66. The third kappa shape index (κ3) is 2.39. The predicted molar refractivity (Wildman–Crippen MR) is 85.9 cm³/mol. The Morgan fingerprint density at radius 1 is 1.00 bits per heavy atom. The molecule has 0 aliphatic carbocycles. The van der Waals surface area contributed by atoms with Gasteiger partial charge in [0.2, 0.25) is 0 Å². The van der Waals surface area contributed by atoms with Gasteiger partial charge in [-0.15, -0.1) is 0 Å². The third-order valence-electron chi connectivity index (χ3n) is 3.77. The van der Waals surface area contributed by atoms with Crippen molar-refractivity contribution in [1.29, 1.82) is 5.26 Å². The van der Waals surface area contributed by atoms with Crippen molar-refractivity contribution in [2.75, 3.05) is 0 Å². The van der Waals surface area contributed by atoms with Gasteiger partial charge < -0.3 is 0 Å². The molecule has 0 aliphatic heterocycles. The Morgan fingerprint density at radius 2 is 1.81 bits per heavy atom. The summed E-state index contributed by atoms with van der Waals surface area (Å²) in [6.45, 7) is 2.18. The van der Waals surface area contributed by atoms with E-state index in [0.717, 1.165) is 34.7 Å². The Balaban J connectivity index is 2.30. The van der Waals surface area contributed by atoms with E-state index >= 15 is 0 Å². The lowest BCUT2D eigenvalue weighted by atomic mass is 9.92. The molecule has 0 fully saturated rings. The van der Waals surface area contributed by atoms with E-state index < -0.39 is 0 Å². The highest BCUT2D eigenvalue weighted by Gasteiger charge is 2.10. The van der Waals surface area contributed by atoms with Gasteiger partial charge in [0.05, 0.1) is 11.6 Å². The van der Waals surface area contributed by atoms with Gasteiger partial charge >= 0.3 is 0 Å². The maximum atomic E-state index is 9.27. The Bertz CT molecular complexity index is 828. The van der Waals surface area contributed by atoms with Gasteiger partial charge in [0, 0.05) is 23.3 Å². The average molecular weight is 272 g/mol. The molecule has 0 N–H and O–H groups in total. The van der Waals surface area contributed by atoms with Crippen LogP contribution in [0.1, 0.15) is 24.5 Å². The van der Waals surface area contributed by atoms with Crippen LogP contribution in [0.4, 0.5) is 0 Å². The Kier molecular flexibility index (Phi) is 3.66. The van der Waals surface area contributed by atoms with Crippen molar-refractivity contribution in [2.45, 2.75) is 19.8 Å². The van der Waals surface area contributed by atoms with E-state index in [9.17, 15) is 5.26 Å². The number of rotatable bonds is 3. The summed E-state index contributed by atoms with van der Waals surface area (Å²) in [7, 11) is 0. The second-order valence-electron chi connectivity index (χ2n) is 5.10. The van der Waals surface area contributed by atoms with Gasteiger partial charge in [0.25, 0.3) is 0 Å². The molecular formula is C19H16N2. The molecule has 0 atom stereocenters. The molecule has 3 rings (SSSR count). The number of aryl methyl sites for hydroxylation is 1. The number of hydrogen-bond donors (Lipinski definition) is 0. The zero-order chi connectivity index (χ0) is 14.7. The van der Waals surface area contributed by atoms with Crippen LogP contribution in [0.2, 0.25) is 0 Å². The molecule has 0 radical (unpaired) electrons. The van der Waals surface area contributed by atoms with Crippen molar-refractivity contribution < 1.29 is 0 Å². The summed E-state index contributed by atoms with van der Waals surface area (Å²) in [4.78, 5) is 4.29. The molecule has 0 bridgehead atoms. The topological polar surface area (TPSA) is 36.7 Å². The normalized spacial score (nSPS) is 10.5. The van der Waals surface area contributed by atoms with Crippen LogP contribution in [0.5, 0.6) is 0 Å². The van der Waals surface area contributed by atoms with Crippen LogP contribution in [0.15, 0.2) is 54.9 Å². The van der Waals surface area contributed by atoms with E-state index in [2.05, 4.69) is 30.1 Å². The standard InChI is InChI=1S/C19H16N2/c1-2-5-14-10-11-21-13-19(14)18-9-8-15(12-20)16-6-3-4-7-17(16)18/h3-4,6-11,13H,2,5H2,1H3. The summed E-state index contributed by atoms with van der Waals surface area (Å²) in [5, 5.41) is 11.4. The van der Waals surface area contributed by atoms with E-state index in [4.69, 9.17) is 0 Å². The highest BCUT2D eigenvalue weighted by molar-refractivity contribution is 6.00. The molecule has 0 amide bonds. The van der Waals surface area contributed by atoms with Gasteiger partial charge in [-0.1, -0.05) is 43.7 Å². The maximum Gasteiger partial charge on any atom is 0.0998 e. The monoisotopic (exact) mass is 272 g/mol. The largest absolute Gasteiger partial charge is 0.264 e. The fourth-order valence-corrected chi connectivity index (χ4v) is 2.78. The summed E-state index contributed by atoms with van der Waals surface area (Å²) in [6.07, 6.45) is 5.91. The molecule has 0 unspecified atom stereocenters. The second-order valence-corrected chi connectivity index (χ2v) is 5.10. The molecule has 0 aliphatic rings. The second kappa shape index (κ2) is 5.76. The van der Waals surface area contributed by atoms with Crippen LogP contribution in [0.25, 0.3) is 21.9 Å². The quantitative estimate of drug-likeness (QED) is 0.691. The first kappa shape index (κ1) is 13.3. The summed E-state index contributed by atoms with van der Waals surface area (Å²) in [6, 6.07) is 16.4. The van der Waals surface area contributed by atoms with Crippen LogP contribution in [0.3, 0.4) is 0 Å². The van der Waals surface area contributed by atoms with E-state index in [0.29, 0.717) is 0 Å². The summed E-state index contributed by atoms with van der Waals surface area (Å²) >= 11 is 0. The maximum absolute atomic E-state index is 9.27. The van der Waals surface area contributed by atoms with E-state index in [1.165, 1.54) is 11.1 Å². The molecule has 0 saturated carbocycles. The van der Waals surface area contributed by atoms with Crippen molar-refractivity contribution in [3.63, 3.8) is 0 Å². The van der Waals surface area contributed by atoms with Crippen molar-refractivity contribution in [3.8, 4) is 17.2 Å². The Morgan fingerprint density at radius 3 is 2.57 bits per heavy atom. The SMILES string of the molecule is CCCc1ccncc1-c1ccc(C#N)c2ccccc12. The van der Waals surface area contributed by atoms with Gasteiger partial charge in [0.1, 0.15) is 0 Å². The third-order valence-corrected chi connectivity index (χ3v) is 3.77. The fourth-order valence-electron chi connectivity index (χ4n) is 2.78. The zero-order valence-electron chi connectivity index (χ0n) is 12.0. The molecule has 3 aromatic rings. The lowest BCUT2D eigenvalue weighted by Gasteiger charge is -2.12. The molecule has 21 heavy (non-hydrogen) atoms. The lowest BCUT2D eigenvalue weighted by Crippen LogP contribution is -1.92. The first-order valence-electron chi connectivity index (χ1n) is 7.20. The molecular weight excluding hydrogens is 256 g/mol. The van der Waals surface area contributed by atoms with Crippen molar-refractivity contribution in [2.24, 2.45) is 0 Å². The highest BCUT2D eigenvalue weighted by Crippen LogP contribution is 2.32. The van der Waals surface area contributed by atoms with Gasteiger partial charge in [-0.2, -0.15) is 5.26 Å². The number of nitrogens with zero attached hydrogens (tertiary/aromatic N) is 2. The van der Waals surface area contributed by atoms with E-state index in [1.807, 2.05) is 42.7 Å². The molecule has 2 heteroatoms. The molecule has 0 spiro atoms. The minimum absolute atomic E-state index is 0.718. The molecule has 0 saturated heterocycles. The average Bonchev–Trinajstić information content (AvgIpc) is 2.55. The first-order chi connectivity index (χ1) is 10.3. The van der Waals surface area contributed by atoms with E-state index in [1.54, 1.807) is 0 Å². The van der Waals surface area contributed by atoms with Gasteiger partial charge in [-0.25, -0.2) is 0 Å².